The zero-order valence-corrected chi connectivity index (χ0v) is 13.0. The molecule has 19 heavy (non-hydrogen) atoms. The van der Waals surface area contributed by atoms with Crippen LogP contribution in [0.15, 0.2) is 18.2 Å². The molecule has 0 aromatic heterocycles. The van der Waals surface area contributed by atoms with Crippen molar-refractivity contribution in [2.75, 3.05) is 25.0 Å². The molecule has 0 saturated carbocycles. The van der Waals surface area contributed by atoms with E-state index in [0.29, 0.717) is 0 Å². The highest BCUT2D eigenvalue weighted by molar-refractivity contribution is 6.33. The van der Waals surface area contributed by atoms with E-state index in [1.807, 2.05) is 19.2 Å². The number of benzene rings is 1. The van der Waals surface area contributed by atoms with Gasteiger partial charge in [0.05, 0.1) is 10.7 Å². The van der Waals surface area contributed by atoms with Crippen LogP contribution in [-0.2, 0) is 6.54 Å². The Bertz CT molecular complexity index is 409. The summed E-state index contributed by atoms with van der Waals surface area (Å²) in [5.74, 6) is 1.66. The Morgan fingerprint density at radius 3 is 2.58 bits per heavy atom. The summed E-state index contributed by atoms with van der Waals surface area (Å²) in [5, 5.41) is 4.12. The van der Waals surface area contributed by atoms with Crippen LogP contribution in [0.3, 0.4) is 0 Å². The number of piperidine rings is 1. The minimum Gasteiger partial charge on any atom is -0.370 e. The van der Waals surface area contributed by atoms with E-state index < -0.39 is 0 Å². The first-order valence-electron chi connectivity index (χ1n) is 7.30. The van der Waals surface area contributed by atoms with Crippen molar-refractivity contribution in [1.29, 1.82) is 0 Å². The molecule has 1 N–H and O–H groups in total. The molecule has 1 saturated heterocycles. The number of nitrogens with one attached hydrogen (secondary N) is 1. The van der Waals surface area contributed by atoms with Crippen LogP contribution in [0.25, 0.3) is 0 Å². The van der Waals surface area contributed by atoms with Crippen LogP contribution < -0.4 is 10.2 Å². The number of hydrogen-bond acceptors (Lipinski definition) is 2. The van der Waals surface area contributed by atoms with Crippen molar-refractivity contribution in [3.8, 4) is 0 Å². The van der Waals surface area contributed by atoms with E-state index in [-0.39, 0.29) is 0 Å². The third-order valence-corrected chi connectivity index (χ3v) is 4.54. The van der Waals surface area contributed by atoms with Crippen molar-refractivity contribution in [1.82, 2.24) is 5.32 Å². The topological polar surface area (TPSA) is 15.3 Å². The van der Waals surface area contributed by atoms with Crippen LogP contribution in [0.4, 0.5) is 5.69 Å². The lowest BCUT2D eigenvalue weighted by molar-refractivity contribution is 0.311. The largest absolute Gasteiger partial charge is 0.370 e. The van der Waals surface area contributed by atoms with Crippen molar-refractivity contribution in [2.24, 2.45) is 11.8 Å². The van der Waals surface area contributed by atoms with Crippen LogP contribution in [0.5, 0.6) is 0 Å². The van der Waals surface area contributed by atoms with Crippen LogP contribution in [0, 0.1) is 11.8 Å². The second kappa shape index (κ2) is 6.62. The molecule has 1 aromatic rings. The highest BCUT2D eigenvalue weighted by Gasteiger charge is 2.24. The van der Waals surface area contributed by atoms with Gasteiger partial charge >= 0.3 is 0 Å². The SMILES string of the molecule is CNCc1cccc(Cl)c1N1CCC(C(C)C)CC1. The van der Waals surface area contributed by atoms with E-state index in [0.717, 1.165) is 36.5 Å². The molecule has 1 aliphatic rings. The molecule has 106 valence electrons. The van der Waals surface area contributed by atoms with Gasteiger partial charge in [0.2, 0.25) is 0 Å². The summed E-state index contributed by atoms with van der Waals surface area (Å²) in [4.78, 5) is 2.47. The Morgan fingerprint density at radius 2 is 2.00 bits per heavy atom. The van der Waals surface area contributed by atoms with Gasteiger partial charge in [-0.2, -0.15) is 0 Å². The van der Waals surface area contributed by atoms with Gasteiger partial charge in [0.15, 0.2) is 0 Å². The Hall–Kier alpha value is -0.730. The van der Waals surface area contributed by atoms with Gasteiger partial charge in [-0.1, -0.05) is 37.6 Å². The van der Waals surface area contributed by atoms with Gasteiger partial charge in [-0.25, -0.2) is 0 Å². The summed E-state index contributed by atoms with van der Waals surface area (Å²) in [6, 6.07) is 6.22. The molecule has 0 radical (unpaired) electrons. The number of anilines is 1. The molecule has 1 aromatic carbocycles. The van der Waals surface area contributed by atoms with E-state index in [2.05, 4.69) is 30.1 Å². The zero-order valence-electron chi connectivity index (χ0n) is 12.2. The fourth-order valence-electron chi connectivity index (χ4n) is 3.04. The van der Waals surface area contributed by atoms with Crippen molar-refractivity contribution >= 4 is 17.3 Å². The summed E-state index contributed by atoms with van der Waals surface area (Å²) in [7, 11) is 1.98. The highest BCUT2D eigenvalue weighted by atomic mass is 35.5. The predicted octanol–water partition coefficient (Wildman–Crippen LogP) is 3.93. The molecule has 0 unspecified atom stereocenters. The average Bonchev–Trinajstić information content (AvgIpc) is 2.39. The molecular weight excluding hydrogens is 256 g/mol. The first-order valence-corrected chi connectivity index (χ1v) is 7.68. The predicted molar refractivity (Wildman–Crippen MR) is 84.0 cm³/mol. The van der Waals surface area contributed by atoms with Crippen molar-refractivity contribution in [3.63, 3.8) is 0 Å². The van der Waals surface area contributed by atoms with Gasteiger partial charge in [-0.3, -0.25) is 0 Å². The molecule has 1 heterocycles. The lowest BCUT2D eigenvalue weighted by Crippen LogP contribution is -2.36. The van der Waals surface area contributed by atoms with E-state index in [4.69, 9.17) is 11.6 Å². The Labute approximate surface area is 122 Å². The standard InChI is InChI=1S/C16H25ClN2/c1-12(2)13-7-9-19(10-8-13)16-14(11-18-3)5-4-6-15(16)17/h4-6,12-13,18H,7-11H2,1-3H3. The summed E-state index contributed by atoms with van der Waals surface area (Å²) >= 11 is 6.43. The first kappa shape index (κ1) is 14.7. The van der Waals surface area contributed by atoms with Crippen LogP contribution in [-0.4, -0.2) is 20.1 Å². The quantitative estimate of drug-likeness (QED) is 0.899. The number of nitrogens with zero attached hydrogens (tertiary/aromatic N) is 1. The molecular formula is C16H25ClN2. The maximum absolute atomic E-state index is 6.43. The third kappa shape index (κ3) is 3.43. The summed E-state index contributed by atoms with van der Waals surface area (Å²) < 4.78 is 0. The Kier molecular flexibility index (Phi) is 5.12. The highest BCUT2D eigenvalue weighted by Crippen LogP contribution is 2.34. The number of para-hydroxylation sites is 1. The lowest BCUT2D eigenvalue weighted by atomic mass is 9.86. The van der Waals surface area contributed by atoms with E-state index >= 15 is 0 Å². The minimum atomic E-state index is 0.796. The third-order valence-electron chi connectivity index (χ3n) is 4.24. The van der Waals surface area contributed by atoms with Gasteiger partial charge in [0.1, 0.15) is 0 Å². The molecule has 1 aliphatic heterocycles. The maximum Gasteiger partial charge on any atom is 0.0642 e. The zero-order chi connectivity index (χ0) is 13.8. The van der Waals surface area contributed by atoms with E-state index in [1.54, 1.807) is 0 Å². The monoisotopic (exact) mass is 280 g/mol. The van der Waals surface area contributed by atoms with E-state index in [9.17, 15) is 0 Å². The molecule has 1 fully saturated rings. The number of hydrogen-bond donors (Lipinski definition) is 1. The van der Waals surface area contributed by atoms with Gasteiger partial charge in [0.25, 0.3) is 0 Å². The van der Waals surface area contributed by atoms with Crippen LogP contribution in [0.2, 0.25) is 5.02 Å². The van der Waals surface area contributed by atoms with Gasteiger partial charge in [-0.05, 0) is 43.4 Å². The molecule has 2 nitrogen and oxygen atoms in total. The maximum atomic E-state index is 6.43. The van der Waals surface area contributed by atoms with Gasteiger partial charge in [-0.15, -0.1) is 0 Å². The van der Waals surface area contributed by atoms with Gasteiger partial charge in [0, 0.05) is 19.6 Å². The molecule has 0 aliphatic carbocycles. The van der Waals surface area contributed by atoms with Crippen molar-refractivity contribution < 1.29 is 0 Å². The minimum absolute atomic E-state index is 0.796. The second-order valence-electron chi connectivity index (χ2n) is 5.85. The number of halogens is 1. The summed E-state index contributed by atoms with van der Waals surface area (Å²) in [6.45, 7) is 7.80. The molecule has 0 spiro atoms. The van der Waals surface area contributed by atoms with Gasteiger partial charge < -0.3 is 10.2 Å². The molecule has 3 heteroatoms. The van der Waals surface area contributed by atoms with Crippen molar-refractivity contribution in [3.05, 3.63) is 28.8 Å². The van der Waals surface area contributed by atoms with Crippen molar-refractivity contribution in [2.45, 2.75) is 33.2 Å². The smallest absolute Gasteiger partial charge is 0.0642 e. The molecule has 0 atom stereocenters. The average molecular weight is 281 g/mol. The normalized spacial score (nSPS) is 17.2. The van der Waals surface area contributed by atoms with Crippen LogP contribution >= 0.6 is 11.6 Å². The fraction of sp³-hybridized carbons (Fsp3) is 0.625. The fourth-order valence-corrected chi connectivity index (χ4v) is 3.35. The Balaban J connectivity index is 2.14. The van der Waals surface area contributed by atoms with Crippen LogP contribution in [0.1, 0.15) is 32.3 Å². The molecule has 0 amide bonds. The second-order valence-corrected chi connectivity index (χ2v) is 6.25. The summed E-state index contributed by atoms with van der Waals surface area (Å²) in [5.41, 5.74) is 2.54. The summed E-state index contributed by atoms with van der Waals surface area (Å²) in [6.07, 6.45) is 2.56. The molecule has 0 bridgehead atoms. The van der Waals surface area contributed by atoms with E-state index in [1.165, 1.54) is 24.1 Å². The Morgan fingerprint density at radius 1 is 1.32 bits per heavy atom. The first-order chi connectivity index (χ1) is 9.13. The lowest BCUT2D eigenvalue weighted by Gasteiger charge is -2.36. The molecule has 2 rings (SSSR count). The number of rotatable bonds is 4.